The highest BCUT2D eigenvalue weighted by Crippen LogP contribution is 2.13. The van der Waals surface area contributed by atoms with Gasteiger partial charge < -0.3 is 5.32 Å². The maximum atomic E-state index is 12.7. The maximum Gasteiger partial charge on any atom is 0.123 e. The van der Waals surface area contributed by atoms with Crippen LogP contribution in [-0.4, -0.2) is 13.1 Å². The normalized spacial score (nSPS) is 14.9. The Balaban J connectivity index is 2.62. The zero-order valence-electron chi connectivity index (χ0n) is 9.76. The van der Waals surface area contributed by atoms with Crippen molar-refractivity contribution in [1.82, 2.24) is 5.32 Å². The highest BCUT2D eigenvalue weighted by molar-refractivity contribution is 5.17. The van der Waals surface area contributed by atoms with Gasteiger partial charge in [0, 0.05) is 6.04 Å². The van der Waals surface area contributed by atoms with Gasteiger partial charge in [-0.25, -0.2) is 4.39 Å². The first-order chi connectivity index (χ1) is 7.17. The molecule has 0 aliphatic carbocycles. The van der Waals surface area contributed by atoms with Crippen molar-refractivity contribution in [2.75, 3.05) is 7.05 Å². The van der Waals surface area contributed by atoms with E-state index in [4.69, 9.17) is 0 Å². The van der Waals surface area contributed by atoms with Crippen LogP contribution in [0.2, 0.25) is 0 Å². The van der Waals surface area contributed by atoms with Crippen LogP contribution in [0.1, 0.15) is 25.8 Å². The molecule has 2 heteroatoms. The van der Waals surface area contributed by atoms with Gasteiger partial charge in [-0.3, -0.25) is 0 Å². The predicted octanol–water partition coefficient (Wildman–Crippen LogP) is 3.00. The highest BCUT2D eigenvalue weighted by Gasteiger charge is 2.13. The minimum atomic E-state index is -0.164. The molecule has 2 unspecified atom stereocenters. The third-order valence-electron chi connectivity index (χ3n) is 3.07. The Morgan fingerprint density at radius 1 is 1.27 bits per heavy atom. The smallest absolute Gasteiger partial charge is 0.123 e. The highest BCUT2D eigenvalue weighted by atomic mass is 19.1. The molecular formula is C13H20FN. The molecule has 0 bridgehead atoms. The number of likely N-dealkylation sites (N-methyl/N-ethyl adjacent to an activating group) is 1. The molecule has 1 rings (SSSR count). The van der Waals surface area contributed by atoms with Crippen molar-refractivity contribution >= 4 is 0 Å². The van der Waals surface area contributed by atoms with E-state index in [2.05, 4.69) is 19.2 Å². The van der Waals surface area contributed by atoms with Crippen molar-refractivity contribution < 1.29 is 4.39 Å². The van der Waals surface area contributed by atoms with Crippen LogP contribution in [0.5, 0.6) is 0 Å². The van der Waals surface area contributed by atoms with Gasteiger partial charge in [-0.15, -0.1) is 0 Å². The van der Waals surface area contributed by atoms with Crippen LogP contribution in [0.15, 0.2) is 24.3 Å². The zero-order chi connectivity index (χ0) is 11.3. The molecule has 1 aromatic carbocycles. The molecule has 1 N–H and O–H groups in total. The van der Waals surface area contributed by atoms with E-state index in [0.717, 1.165) is 12.8 Å². The summed E-state index contributed by atoms with van der Waals surface area (Å²) >= 11 is 0. The molecule has 15 heavy (non-hydrogen) atoms. The molecular weight excluding hydrogens is 189 g/mol. The lowest BCUT2D eigenvalue weighted by Gasteiger charge is -2.22. The van der Waals surface area contributed by atoms with E-state index in [1.54, 1.807) is 0 Å². The first-order valence-corrected chi connectivity index (χ1v) is 5.59. The zero-order valence-corrected chi connectivity index (χ0v) is 9.76. The van der Waals surface area contributed by atoms with Crippen LogP contribution in [0.25, 0.3) is 0 Å². The molecule has 0 saturated carbocycles. The van der Waals surface area contributed by atoms with E-state index in [-0.39, 0.29) is 5.82 Å². The second-order valence-corrected chi connectivity index (χ2v) is 4.11. The summed E-state index contributed by atoms with van der Waals surface area (Å²) in [5.41, 5.74) is 1.19. The fraction of sp³-hybridized carbons (Fsp3) is 0.538. The molecule has 0 aliphatic rings. The topological polar surface area (TPSA) is 12.0 Å². The Bertz CT molecular complexity index is 281. The summed E-state index contributed by atoms with van der Waals surface area (Å²) in [5, 5.41) is 3.32. The van der Waals surface area contributed by atoms with E-state index >= 15 is 0 Å². The quantitative estimate of drug-likeness (QED) is 0.786. The van der Waals surface area contributed by atoms with E-state index in [9.17, 15) is 4.39 Å². The average Bonchev–Trinajstić information content (AvgIpc) is 2.27. The fourth-order valence-electron chi connectivity index (χ4n) is 1.75. The molecule has 0 aromatic heterocycles. The molecule has 0 heterocycles. The van der Waals surface area contributed by atoms with Crippen molar-refractivity contribution in [2.24, 2.45) is 5.92 Å². The summed E-state index contributed by atoms with van der Waals surface area (Å²) in [6, 6.07) is 7.25. The Labute approximate surface area is 91.7 Å². The van der Waals surface area contributed by atoms with Crippen LogP contribution in [0.3, 0.4) is 0 Å². The molecule has 0 aliphatic heterocycles. The number of nitrogens with one attached hydrogen (secondary N) is 1. The Morgan fingerprint density at radius 2 is 1.87 bits per heavy atom. The fourth-order valence-corrected chi connectivity index (χ4v) is 1.75. The number of benzene rings is 1. The van der Waals surface area contributed by atoms with Crippen molar-refractivity contribution in [1.29, 1.82) is 0 Å². The second kappa shape index (κ2) is 5.86. The van der Waals surface area contributed by atoms with Crippen molar-refractivity contribution in [2.45, 2.75) is 32.7 Å². The summed E-state index contributed by atoms with van der Waals surface area (Å²) in [5.74, 6) is 0.475. The van der Waals surface area contributed by atoms with E-state index in [1.807, 2.05) is 19.2 Å². The van der Waals surface area contributed by atoms with E-state index in [0.29, 0.717) is 12.0 Å². The summed E-state index contributed by atoms with van der Waals surface area (Å²) in [6.07, 6.45) is 2.12. The molecule has 2 atom stereocenters. The molecule has 1 aromatic rings. The van der Waals surface area contributed by atoms with Gasteiger partial charge in [0.2, 0.25) is 0 Å². The Hall–Kier alpha value is -0.890. The van der Waals surface area contributed by atoms with Gasteiger partial charge in [0.25, 0.3) is 0 Å². The van der Waals surface area contributed by atoms with Gasteiger partial charge in [-0.1, -0.05) is 32.4 Å². The van der Waals surface area contributed by atoms with Gasteiger partial charge in [0.15, 0.2) is 0 Å². The summed E-state index contributed by atoms with van der Waals surface area (Å²) in [7, 11) is 1.99. The Morgan fingerprint density at radius 3 is 2.33 bits per heavy atom. The molecule has 0 spiro atoms. The summed E-state index contributed by atoms with van der Waals surface area (Å²) in [4.78, 5) is 0. The van der Waals surface area contributed by atoms with Crippen LogP contribution in [0, 0.1) is 11.7 Å². The van der Waals surface area contributed by atoms with Gasteiger partial charge in [0.05, 0.1) is 0 Å². The lowest BCUT2D eigenvalue weighted by Crippen LogP contribution is -2.33. The lowest BCUT2D eigenvalue weighted by atomic mass is 9.93. The van der Waals surface area contributed by atoms with Gasteiger partial charge in [0.1, 0.15) is 5.82 Å². The minimum Gasteiger partial charge on any atom is -0.316 e. The summed E-state index contributed by atoms with van der Waals surface area (Å²) in [6.45, 7) is 4.43. The maximum absolute atomic E-state index is 12.7. The largest absolute Gasteiger partial charge is 0.316 e. The van der Waals surface area contributed by atoms with Crippen LogP contribution in [0.4, 0.5) is 4.39 Å². The van der Waals surface area contributed by atoms with Crippen molar-refractivity contribution in [3.8, 4) is 0 Å². The second-order valence-electron chi connectivity index (χ2n) is 4.11. The number of hydrogen-bond donors (Lipinski definition) is 1. The molecule has 0 radical (unpaired) electrons. The van der Waals surface area contributed by atoms with Gasteiger partial charge in [-0.2, -0.15) is 0 Å². The van der Waals surface area contributed by atoms with Crippen LogP contribution >= 0.6 is 0 Å². The van der Waals surface area contributed by atoms with Gasteiger partial charge >= 0.3 is 0 Å². The number of halogens is 1. The standard InChI is InChI=1S/C13H20FN/c1-4-10(2)13(15-3)9-11-5-7-12(14)8-6-11/h5-8,10,13,15H,4,9H2,1-3H3. The predicted molar refractivity (Wildman–Crippen MR) is 62.4 cm³/mol. The lowest BCUT2D eigenvalue weighted by molar-refractivity contribution is 0.386. The number of hydrogen-bond acceptors (Lipinski definition) is 1. The molecule has 1 nitrogen and oxygen atoms in total. The van der Waals surface area contributed by atoms with E-state index < -0.39 is 0 Å². The molecule has 0 fully saturated rings. The molecule has 84 valence electrons. The Kier molecular flexibility index (Phi) is 4.76. The average molecular weight is 209 g/mol. The first-order valence-electron chi connectivity index (χ1n) is 5.59. The van der Waals surface area contributed by atoms with Crippen molar-refractivity contribution in [3.05, 3.63) is 35.6 Å². The minimum absolute atomic E-state index is 0.164. The first kappa shape index (κ1) is 12.2. The van der Waals surface area contributed by atoms with E-state index in [1.165, 1.54) is 17.7 Å². The van der Waals surface area contributed by atoms with Gasteiger partial charge in [-0.05, 0) is 37.1 Å². The van der Waals surface area contributed by atoms with Crippen molar-refractivity contribution in [3.63, 3.8) is 0 Å². The molecule has 0 saturated heterocycles. The monoisotopic (exact) mass is 209 g/mol. The third kappa shape index (κ3) is 3.63. The third-order valence-corrected chi connectivity index (χ3v) is 3.07. The van der Waals surface area contributed by atoms with Crippen LogP contribution in [-0.2, 0) is 6.42 Å². The molecule has 0 amide bonds. The summed E-state index contributed by atoms with van der Waals surface area (Å²) < 4.78 is 12.7. The SMILES string of the molecule is CCC(C)C(Cc1ccc(F)cc1)NC. The number of rotatable bonds is 5. The van der Waals surface area contributed by atoms with Crippen LogP contribution < -0.4 is 5.32 Å².